The lowest BCUT2D eigenvalue weighted by Crippen LogP contribution is -2.09. The zero-order chi connectivity index (χ0) is 21.0. The molecule has 5 heteroatoms. The Morgan fingerprint density at radius 2 is 1.68 bits per heavy atom. The van der Waals surface area contributed by atoms with Gasteiger partial charge in [-0.05, 0) is 29.8 Å². The molecule has 2 heterocycles. The minimum Gasteiger partial charge on any atom is -0.489 e. The highest BCUT2D eigenvalue weighted by atomic mass is 16.5. The Kier molecular flexibility index (Phi) is 5.07. The highest BCUT2D eigenvalue weighted by molar-refractivity contribution is 5.78. The SMILES string of the molecule is O=c1c(Cc2ccccc2)coc2cc(OCc3cnn(-c4ccccc4)c3)ccc12. The van der Waals surface area contributed by atoms with Crippen LogP contribution in [-0.2, 0) is 13.0 Å². The van der Waals surface area contributed by atoms with E-state index >= 15 is 0 Å². The van der Waals surface area contributed by atoms with E-state index in [4.69, 9.17) is 9.15 Å². The molecule has 0 aliphatic rings. The fraction of sp³-hybridized carbons (Fsp3) is 0.0769. The van der Waals surface area contributed by atoms with E-state index in [1.54, 1.807) is 30.7 Å². The summed E-state index contributed by atoms with van der Waals surface area (Å²) in [6.07, 6.45) is 5.81. The van der Waals surface area contributed by atoms with Crippen molar-refractivity contribution in [2.75, 3.05) is 0 Å². The lowest BCUT2D eigenvalue weighted by Gasteiger charge is -2.07. The van der Waals surface area contributed by atoms with E-state index in [1.165, 1.54) is 0 Å². The fourth-order valence-corrected chi connectivity index (χ4v) is 3.50. The average molecular weight is 408 g/mol. The predicted octanol–water partition coefficient (Wildman–Crippen LogP) is 5.15. The summed E-state index contributed by atoms with van der Waals surface area (Å²) in [7, 11) is 0. The molecule has 5 aromatic rings. The lowest BCUT2D eigenvalue weighted by molar-refractivity contribution is 0.306. The molecule has 0 spiro atoms. The molecule has 0 fully saturated rings. The first-order valence-electron chi connectivity index (χ1n) is 10.1. The van der Waals surface area contributed by atoms with E-state index in [-0.39, 0.29) is 5.43 Å². The van der Waals surface area contributed by atoms with Crippen LogP contribution in [0.1, 0.15) is 16.7 Å². The van der Waals surface area contributed by atoms with Crippen LogP contribution in [0, 0.1) is 0 Å². The maximum atomic E-state index is 12.8. The number of aromatic nitrogens is 2. The summed E-state index contributed by atoms with van der Waals surface area (Å²) in [5, 5.41) is 4.93. The summed E-state index contributed by atoms with van der Waals surface area (Å²) >= 11 is 0. The van der Waals surface area contributed by atoms with Gasteiger partial charge in [-0.25, -0.2) is 4.68 Å². The molecule has 0 aliphatic heterocycles. The van der Waals surface area contributed by atoms with Gasteiger partial charge in [0.15, 0.2) is 5.43 Å². The zero-order valence-electron chi connectivity index (χ0n) is 16.8. The molecule has 0 N–H and O–H groups in total. The number of para-hydroxylation sites is 1. The third-order valence-electron chi connectivity index (χ3n) is 5.12. The third kappa shape index (κ3) is 4.12. The maximum Gasteiger partial charge on any atom is 0.196 e. The Balaban J connectivity index is 1.32. The smallest absolute Gasteiger partial charge is 0.196 e. The molecule has 0 amide bonds. The van der Waals surface area contributed by atoms with Gasteiger partial charge in [0.05, 0.1) is 23.5 Å². The van der Waals surface area contributed by atoms with Gasteiger partial charge in [-0.3, -0.25) is 4.79 Å². The molecule has 5 nitrogen and oxygen atoms in total. The van der Waals surface area contributed by atoms with Crippen LogP contribution >= 0.6 is 0 Å². The standard InChI is InChI=1S/C26H20N2O3/c29-26-21(13-19-7-3-1-4-8-19)18-31-25-14-23(11-12-24(25)26)30-17-20-15-27-28(16-20)22-9-5-2-6-10-22/h1-12,14-16,18H,13,17H2. The van der Waals surface area contributed by atoms with E-state index < -0.39 is 0 Å². The fourth-order valence-electron chi connectivity index (χ4n) is 3.50. The number of rotatable bonds is 6. The number of hydrogen-bond donors (Lipinski definition) is 0. The van der Waals surface area contributed by atoms with E-state index in [2.05, 4.69) is 5.10 Å². The van der Waals surface area contributed by atoms with Crippen LogP contribution in [0.25, 0.3) is 16.7 Å². The number of benzene rings is 3. The molecule has 5 rings (SSSR count). The van der Waals surface area contributed by atoms with Crippen molar-refractivity contribution in [3.05, 3.63) is 124 Å². The van der Waals surface area contributed by atoms with Crippen molar-refractivity contribution in [3.8, 4) is 11.4 Å². The van der Waals surface area contributed by atoms with Crippen LogP contribution < -0.4 is 10.2 Å². The molecular formula is C26H20N2O3. The van der Waals surface area contributed by atoms with E-state index in [9.17, 15) is 4.79 Å². The van der Waals surface area contributed by atoms with Crippen molar-refractivity contribution >= 4 is 11.0 Å². The van der Waals surface area contributed by atoms with Crippen molar-refractivity contribution in [2.45, 2.75) is 13.0 Å². The minimum atomic E-state index is -0.0132. The second kappa shape index (κ2) is 8.32. The van der Waals surface area contributed by atoms with Crippen molar-refractivity contribution in [3.63, 3.8) is 0 Å². The molecule has 0 radical (unpaired) electrons. The lowest BCUT2D eigenvalue weighted by atomic mass is 10.1. The molecule has 31 heavy (non-hydrogen) atoms. The summed E-state index contributed by atoms with van der Waals surface area (Å²) in [5.74, 6) is 0.638. The molecule has 0 saturated carbocycles. The van der Waals surface area contributed by atoms with Gasteiger partial charge in [-0.1, -0.05) is 48.5 Å². The quantitative estimate of drug-likeness (QED) is 0.390. The Labute approximate surface area is 179 Å². The van der Waals surface area contributed by atoms with Gasteiger partial charge in [0.25, 0.3) is 0 Å². The maximum absolute atomic E-state index is 12.8. The highest BCUT2D eigenvalue weighted by Crippen LogP contribution is 2.21. The summed E-state index contributed by atoms with van der Waals surface area (Å²) in [6, 6.07) is 25.1. The van der Waals surface area contributed by atoms with Crippen LogP contribution in [0.4, 0.5) is 0 Å². The molecule has 3 aromatic carbocycles. The van der Waals surface area contributed by atoms with Gasteiger partial charge in [-0.15, -0.1) is 0 Å². The van der Waals surface area contributed by atoms with Crippen molar-refractivity contribution in [2.24, 2.45) is 0 Å². The van der Waals surface area contributed by atoms with Crippen molar-refractivity contribution in [1.82, 2.24) is 9.78 Å². The summed E-state index contributed by atoms with van der Waals surface area (Å²) in [4.78, 5) is 12.8. The molecule has 0 atom stereocenters. The third-order valence-corrected chi connectivity index (χ3v) is 5.12. The van der Waals surface area contributed by atoms with Gasteiger partial charge in [0, 0.05) is 29.8 Å². The summed E-state index contributed by atoms with van der Waals surface area (Å²) in [5.41, 5.74) is 4.15. The molecule has 0 saturated heterocycles. The first-order chi connectivity index (χ1) is 15.3. The monoisotopic (exact) mass is 408 g/mol. The van der Waals surface area contributed by atoms with Gasteiger partial charge in [0.2, 0.25) is 0 Å². The van der Waals surface area contributed by atoms with Crippen molar-refractivity contribution in [1.29, 1.82) is 0 Å². The second-order valence-electron chi connectivity index (χ2n) is 7.33. The van der Waals surface area contributed by atoms with E-state index in [0.29, 0.717) is 35.3 Å². The van der Waals surface area contributed by atoms with E-state index in [1.807, 2.05) is 71.5 Å². The first-order valence-corrected chi connectivity index (χ1v) is 10.1. The minimum absolute atomic E-state index is 0.0132. The first kappa shape index (κ1) is 18.9. The zero-order valence-corrected chi connectivity index (χ0v) is 16.8. The topological polar surface area (TPSA) is 57.3 Å². The number of ether oxygens (including phenoxy) is 1. The second-order valence-corrected chi connectivity index (χ2v) is 7.33. The Morgan fingerprint density at radius 1 is 0.903 bits per heavy atom. The summed E-state index contributed by atoms with van der Waals surface area (Å²) in [6.45, 7) is 0.370. The molecule has 0 aliphatic carbocycles. The van der Waals surface area contributed by atoms with Crippen LogP contribution in [0.15, 0.2) is 107 Å². The van der Waals surface area contributed by atoms with Gasteiger partial charge in [0.1, 0.15) is 17.9 Å². The Bertz CT molecular complexity index is 1370. The van der Waals surface area contributed by atoms with Gasteiger partial charge >= 0.3 is 0 Å². The van der Waals surface area contributed by atoms with Gasteiger partial charge < -0.3 is 9.15 Å². The van der Waals surface area contributed by atoms with E-state index in [0.717, 1.165) is 16.8 Å². The molecule has 0 bridgehead atoms. The Morgan fingerprint density at radius 3 is 2.48 bits per heavy atom. The number of nitrogens with zero attached hydrogens (tertiary/aromatic N) is 2. The number of hydrogen-bond acceptors (Lipinski definition) is 4. The van der Waals surface area contributed by atoms with Crippen molar-refractivity contribution < 1.29 is 9.15 Å². The Hall–Kier alpha value is -4.12. The van der Waals surface area contributed by atoms with Gasteiger partial charge in [-0.2, -0.15) is 5.10 Å². The average Bonchev–Trinajstić information content (AvgIpc) is 3.30. The van der Waals surface area contributed by atoms with Crippen LogP contribution in [0.3, 0.4) is 0 Å². The molecule has 152 valence electrons. The molecule has 0 unspecified atom stereocenters. The number of fused-ring (bicyclic) bond motifs is 1. The summed E-state index contributed by atoms with van der Waals surface area (Å²) < 4.78 is 13.5. The van der Waals surface area contributed by atoms with Crippen LogP contribution in [0.2, 0.25) is 0 Å². The van der Waals surface area contributed by atoms with Crippen LogP contribution in [0.5, 0.6) is 5.75 Å². The van der Waals surface area contributed by atoms with Crippen LogP contribution in [-0.4, -0.2) is 9.78 Å². The normalized spacial score (nSPS) is 11.0. The molecular weight excluding hydrogens is 388 g/mol. The highest BCUT2D eigenvalue weighted by Gasteiger charge is 2.09. The largest absolute Gasteiger partial charge is 0.489 e. The predicted molar refractivity (Wildman–Crippen MR) is 120 cm³/mol. The molecule has 2 aromatic heterocycles.